The van der Waals surface area contributed by atoms with Gasteiger partial charge in [-0.25, -0.2) is 13.2 Å². The molecule has 0 saturated carbocycles. The maximum absolute atomic E-state index is 12.5. The maximum atomic E-state index is 12.5. The van der Waals surface area contributed by atoms with Gasteiger partial charge in [-0.15, -0.1) is 0 Å². The molecule has 0 aliphatic carbocycles. The van der Waals surface area contributed by atoms with Crippen molar-refractivity contribution in [1.29, 1.82) is 0 Å². The quantitative estimate of drug-likeness (QED) is 0.833. The first kappa shape index (κ1) is 17.4. The number of anilines is 1. The third-order valence-corrected chi connectivity index (χ3v) is 4.96. The molecule has 0 radical (unpaired) electrons. The number of carboxylic acid groups (broad SMARTS) is 1. The number of hydrogen-bond donors (Lipinski definition) is 2. The molecule has 0 fully saturated rings. The number of aromatic carboxylic acids is 1. The fourth-order valence-corrected chi connectivity index (χ4v) is 3.56. The summed E-state index contributed by atoms with van der Waals surface area (Å²) in [6.45, 7) is 0. The Morgan fingerprint density at radius 1 is 1.17 bits per heavy atom. The molecule has 0 aromatic heterocycles. The van der Waals surface area contributed by atoms with Crippen molar-refractivity contribution >= 4 is 44.9 Å². The summed E-state index contributed by atoms with van der Waals surface area (Å²) in [6, 6.07) is 7.79. The van der Waals surface area contributed by atoms with Crippen LogP contribution in [0, 0.1) is 0 Å². The summed E-state index contributed by atoms with van der Waals surface area (Å²) in [5.74, 6) is -1.01. The minimum absolute atomic E-state index is 0.108. The van der Waals surface area contributed by atoms with Gasteiger partial charge in [0, 0.05) is 5.02 Å². The minimum Gasteiger partial charge on any atom is -0.495 e. The van der Waals surface area contributed by atoms with E-state index in [2.05, 4.69) is 4.72 Å². The van der Waals surface area contributed by atoms with Gasteiger partial charge in [0.25, 0.3) is 10.0 Å². The van der Waals surface area contributed by atoms with E-state index in [4.69, 9.17) is 33.0 Å². The fraction of sp³-hybridized carbons (Fsp3) is 0.0714. The molecule has 23 heavy (non-hydrogen) atoms. The number of halogens is 2. The van der Waals surface area contributed by atoms with Crippen LogP contribution in [0.15, 0.2) is 41.3 Å². The molecule has 0 bridgehead atoms. The van der Waals surface area contributed by atoms with E-state index < -0.39 is 16.0 Å². The number of carbonyl (C=O) groups is 1. The molecule has 122 valence electrons. The largest absolute Gasteiger partial charge is 0.495 e. The summed E-state index contributed by atoms with van der Waals surface area (Å²) >= 11 is 11.7. The lowest BCUT2D eigenvalue weighted by Crippen LogP contribution is -2.15. The third kappa shape index (κ3) is 3.87. The van der Waals surface area contributed by atoms with Gasteiger partial charge in [0.05, 0.1) is 23.4 Å². The first-order valence-electron chi connectivity index (χ1n) is 6.14. The normalized spacial score (nSPS) is 11.1. The third-order valence-electron chi connectivity index (χ3n) is 2.87. The lowest BCUT2D eigenvalue weighted by atomic mass is 10.2. The van der Waals surface area contributed by atoms with Crippen molar-refractivity contribution in [2.75, 3.05) is 11.8 Å². The summed E-state index contributed by atoms with van der Waals surface area (Å²) < 4.78 is 32.3. The topological polar surface area (TPSA) is 92.7 Å². The first-order valence-corrected chi connectivity index (χ1v) is 8.37. The summed E-state index contributed by atoms with van der Waals surface area (Å²) in [4.78, 5) is 10.6. The minimum atomic E-state index is -4.13. The zero-order valence-electron chi connectivity index (χ0n) is 11.7. The SMILES string of the molecule is COc1ccc(Cl)cc1NS(=O)(=O)c1cc(C(=O)O)ccc1Cl. The van der Waals surface area contributed by atoms with Gasteiger partial charge in [0.1, 0.15) is 10.6 Å². The summed E-state index contributed by atoms with van der Waals surface area (Å²) in [5, 5.41) is 9.17. The van der Waals surface area contributed by atoms with Crippen LogP contribution < -0.4 is 9.46 Å². The number of nitrogens with one attached hydrogen (secondary N) is 1. The number of rotatable bonds is 5. The summed E-state index contributed by atoms with van der Waals surface area (Å²) in [6.07, 6.45) is 0. The van der Waals surface area contributed by atoms with E-state index in [1.165, 1.54) is 37.4 Å². The van der Waals surface area contributed by atoms with Crippen molar-refractivity contribution in [2.24, 2.45) is 0 Å². The molecular weight excluding hydrogens is 365 g/mol. The van der Waals surface area contributed by atoms with E-state index in [0.717, 1.165) is 6.07 Å². The maximum Gasteiger partial charge on any atom is 0.335 e. The van der Waals surface area contributed by atoms with Crippen molar-refractivity contribution in [2.45, 2.75) is 4.90 Å². The van der Waals surface area contributed by atoms with E-state index >= 15 is 0 Å². The van der Waals surface area contributed by atoms with Crippen LogP contribution in [0.4, 0.5) is 5.69 Å². The van der Waals surface area contributed by atoms with Crippen LogP contribution in [0.25, 0.3) is 0 Å². The average Bonchev–Trinajstić information content (AvgIpc) is 2.47. The van der Waals surface area contributed by atoms with Crippen LogP contribution in [0.3, 0.4) is 0 Å². The van der Waals surface area contributed by atoms with Crippen molar-refractivity contribution in [3.8, 4) is 5.75 Å². The van der Waals surface area contributed by atoms with Crippen molar-refractivity contribution in [1.82, 2.24) is 0 Å². The lowest BCUT2D eigenvalue weighted by molar-refractivity contribution is 0.0696. The molecule has 0 aliphatic rings. The Labute approximate surface area is 142 Å². The predicted octanol–water partition coefficient (Wildman–Crippen LogP) is 3.50. The zero-order chi connectivity index (χ0) is 17.2. The molecule has 0 aliphatic heterocycles. The van der Waals surface area contributed by atoms with Gasteiger partial charge < -0.3 is 9.84 Å². The second kappa shape index (κ2) is 6.66. The monoisotopic (exact) mass is 375 g/mol. The second-order valence-electron chi connectivity index (χ2n) is 4.40. The van der Waals surface area contributed by atoms with Gasteiger partial charge in [-0.3, -0.25) is 4.72 Å². The lowest BCUT2D eigenvalue weighted by Gasteiger charge is -2.13. The summed E-state index contributed by atoms with van der Waals surface area (Å²) in [7, 11) is -2.76. The number of benzene rings is 2. The highest BCUT2D eigenvalue weighted by atomic mass is 35.5. The molecule has 2 rings (SSSR count). The Balaban J connectivity index is 2.50. The highest BCUT2D eigenvalue weighted by Crippen LogP contribution is 2.31. The number of hydrogen-bond acceptors (Lipinski definition) is 4. The molecule has 2 N–H and O–H groups in total. The number of carboxylic acids is 1. The number of ether oxygens (including phenoxy) is 1. The molecule has 2 aromatic rings. The van der Waals surface area contributed by atoms with Crippen LogP contribution in [-0.2, 0) is 10.0 Å². The molecule has 9 heteroatoms. The van der Waals surface area contributed by atoms with Gasteiger partial charge in [0.2, 0.25) is 0 Å². The molecule has 0 atom stereocenters. The molecule has 6 nitrogen and oxygen atoms in total. The molecule has 0 amide bonds. The van der Waals surface area contributed by atoms with E-state index in [-0.39, 0.29) is 26.9 Å². The van der Waals surface area contributed by atoms with E-state index in [1.807, 2.05) is 0 Å². The van der Waals surface area contributed by atoms with E-state index in [9.17, 15) is 13.2 Å². The van der Waals surface area contributed by atoms with Crippen LogP contribution >= 0.6 is 23.2 Å². The molecule has 0 saturated heterocycles. The molecule has 0 spiro atoms. The fourth-order valence-electron chi connectivity index (χ4n) is 1.80. The van der Waals surface area contributed by atoms with Gasteiger partial charge >= 0.3 is 5.97 Å². The van der Waals surface area contributed by atoms with Crippen molar-refractivity contribution in [3.05, 3.63) is 52.0 Å². The first-order chi connectivity index (χ1) is 10.7. The molecule has 2 aromatic carbocycles. The standard InChI is InChI=1S/C14H11Cl2NO5S/c1-22-12-5-3-9(15)7-11(12)17-23(20,21)13-6-8(14(18)19)2-4-10(13)16/h2-7,17H,1H3,(H,18,19). The number of methoxy groups -OCH3 is 1. The second-order valence-corrected chi connectivity index (χ2v) is 6.89. The van der Waals surface area contributed by atoms with Gasteiger partial charge in [-0.1, -0.05) is 23.2 Å². The van der Waals surface area contributed by atoms with Crippen LogP contribution in [0.5, 0.6) is 5.75 Å². The summed E-state index contributed by atoms with van der Waals surface area (Å²) in [5.41, 5.74) is -0.0929. The Hall–Kier alpha value is -1.96. The van der Waals surface area contributed by atoms with E-state index in [1.54, 1.807) is 0 Å². The predicted molar refractivity (Wildman–Crippen MR) is 87.2 cm³/mol. The van der Waals surface area contributed by atoms with Crippen LogP contribution in [0.1, 0.15) is 10.4 Å². The Morgan fingerprint density at radius 2 is 1.87 bits per heavy atom. The molecular formula is C14H11Cl2NO5S. The van der Waals surface area contributed by atoms with Gasteiger partial charge in [-0.2, -0.15) is 0 Å². The van der Waals surface area contributed by atoms with E-state index in [0.29, 0.717) is 5.02 Å². The average molecular weight is 376 g/mol. The smallest absolute Gasteiger partial charge is 0.335 e. The van der Waals surface area contributed by atoms with Crippen LogP contribution in [0.2, 0.25) is 10.0 Å². The van der Waals surface area contributed by atoms with Gasteiger partial charge in [0.15, 0.2) is 0 Å². The zero-order valence-corrected chi connectivity index (χ0v) is 14.0. The Morgan fingerprint density at radius 3 is 2.48 bits per heavy atom. The van der Waals surface area contributed by atoms with Crippen molar-refractivity contribution in [3.63, 3.8) is 0 Å². The molecule has 0 heterocycles. The highest BCUT2D eigenvalue weighted by Gasteiger charge is 2.21. The number of sulfonamides is 1. The Kier molecular flexibility index (Phi) is 5.03. The molecule has 0 unspecified atom stereocenters. The van der Waals surface area contributed by atoms with Gasteiger partial charge in [-0.05, 0) is 36.4 Å². The Bertz CT molecular complexity index is 867. The van der Waals surface area contributed by atoms with Crippen LogP contribution in [-0.4, -0.2) is 26.6 Å². The highest BCUT2D eigenvalue weighted by molar-refractivity contribution is 7.92. The van der Waals surface area contributed by atoms with Crippen molar-refractivity contribution < 1.29 is 23.1 Å².